The summed E-state index contributed by atoms with van der Waals surface area (Å²) in [4.78, 5) is 38.3. The maximum absolute atomic E-state index is 12.8. The fourth-order valence-electron chi connectivity index (χ4n) is 4.16. The smallest absolute Gasteiger partial charge is 0.227 e. The molecule has 0 spiro atoms. The molecule has 1 aromatic carbocycles. The quantitative estimate of drug-likeness (QED) is 0.755. The molecule has 1 saturated heterocycles. The molecule has 1 heterocycles. The van der Waals surface area contributed by atoms with Crippen molar-refractivity contribution in [1.29, 1.82) is 0 Å². The Labute approximate surface area is 143 Å². The van der Waals surface area contributed by atoms with Crippen LogP contribution in [0.2, 0.25) is 0 Å². The molecule has 0 radical (unpaired) electrons. The highest BCUT2D eigenvalue weighted by Crippen LogP contribution is 2.36. The monoisotopic (exact) mass is 327 g/mol. The third-order valence-corrected chi connectivity index (χ3v) is 5.49. The van der Waals surface area contributed by atoms with Gasteiger partial charge in [0.15, 0.2) is 0 Å². The number of aryl methyl sites for hydroxylation is 1. The average Bonchev–Trinajstić information content (AvgIpc) is 3.28. The number of ketones is 1. The summed E-state index contributed by atoms with van der Waals surface area (Å²) in [5.74, 6) is -0.139. The first-order chi connectivity index (χ1) is 11.7. The predicted molar refractivity (Wildman–Crippen MR) is 91.4 cm³/mol. The van der Waals surface area contributed by atoms with Crippen molar-refractivity contribution in [3.8, 4) is 0 Å². The van der Waals surface area contributed by atoms with E-state index in [1.54, 1.807) is 4.90 Å². The Morgan fingerprint density at radius 1 is 1.04 bits per heavy atom. The molecule has 2 fully saturated rings. The van der Waals surface area contributed by atoms with Crippen molar-refractivity contribution in [2.24, 2.45) is 11.8 Å². The number of carbonyl (C=O) groups excluding carboxylic acids is 3. The number of benzene rings is 1. The van der Waals surface area contributed by atoms with Gasteiger partial charge in [0.05, 0.1) is 6.04 Å². The Morgan fingerprint density at radius 2 is 1.79 bits per heavy atom. The molecule has 128 valence electrons. The third-order valence-electron chi connectivity index (χ3n) is 5.49. The fraction of sp³-hybridized carbons (Fsp3) is 0.550. The van der Waals surface area contributed by atoms with Crippen molar-refractivity contribution in [1.82, 2.24) is 4.90 Å². The Bertz CT molecular complexity index is 598. The van der Waals surface area contributed by atoms with Crippen LogP contribution in [0.5, 0.6) is 0 Å². The van der Waals surface area contributed by atoms with Gasteiger partial charge in [0.2, 0.25) is 5.91 Å². The molecule has 0 bridgehead atoms. The highest BCUT2D eigenvalue weighted by molar-refractivity contribution is 5.90. The molecule has 1 aliphatic heterocycles. The number of hydrogen-bond donors (Lipinski definition) is 0. The van der Waals surface area contributed by atoms with Crippen LogP contribution in [0.3, 0.4) is 0 Å². The molecule has 1 aromatic rings. The molecular formula is C20H25NO3. The lowest BCUT2D eigenvalue weighted by atomic mass is 9.88. The number of carbonyl (C=O) groups is 3. The molecule has 1 aliphatic carbocycles. The molecule has 3 rings (SSSR count). The van der Waals surface area contributed by atoms with Crippen LogP contribution in [-0.2, 0) is 20.8 Å². The van der Waals surface area contributed by atoms with Crippen LogP contribution in [0.25, 0.3) is 0 Å². The first kappa shape index (κ1) is 16.9. The van der Waals surface area contributed by atoms with E-state index in [4.69, 9.17) is 0 Å². The van der Waals surface area contributed by atoms with Gasteiger partial charge in [0.1, 0.15) is 12.1 Å². The first-order valence-electron chi connectivity index (χ1n) is 9.03. The Hall–Kier alpha value is -1.97. The van der Waals surface area contributed by atoms with Crippen molar-refractivity contribution in [3.63, 3.8) is 0 Å². The molecular weight excluding hydrogens is 302 g/mol. The summed E-state index contributed by atoms with van der Waals surface area (Å²) in [5.41, 5.74) is 1.16. The number of aldehydes is 1. The summed E-state index contributed by atoms with van der Waals surface area (Å²) < 4.78 is 0. The summed E-state index contributed by atoms with van der Waals surface area (Å²) in [6.07, 6.45) is 6.27. The lowest BCUT2D eigenvalue weighted by molar-refractivity contribution is -0.142. The van der Waals surface area contributed by atoms with Crippen molar-refractivity contribution in [2.75, 3.05) is 6.54 Å². The molecule has 0 N–H and O–H groups in total. The molecule has 4 nitrogen and oxygen atoms in total. The van der Waals surface area contributed by atoms with Crippen molar-refractivity contribution in [2.45, 2.75) is 51.0 Å². The second-order valence-corrected chi connectivity index (χ2v) is 6.97. The largest absolute Gasteiger partial charge is 0.333 e. The van der Waals surface area contributed by atoms with Crippen LogP contribution in [0, 0.1) is 11.8 Å². The highest BCUT2D eigenvalue weighted by atomic mass is 16.2. The van der Waals surface area contributed by atoms with Gasteiger partial charge in [-0.2, -0.15) is 0 Å². The van der Waals surface area contributed by atoms with E-state index < -0.39 is 0 Å². The average molecular weight is 327 g/mol. The number of rotatable bonds is 6. The minimum Gasteiger partial charge on any atom is -0.333 e. The molecule has 4 heteroatoms. The van der Waals surface area contributed by atoms with Crippen molar-refractivity contribution in [3.05, 3.63) is 35.9 Å². The van der Waals surface area contributed by atoms with Crippen LogP contribution in [0.1, 0.15) is 44.1 Å². The number of hydrogen-bond acceptors (Lipinski definition) is 3. The van der Waals surface area contributed by atoms with Gasteiger partial charge in [-0.15, -0.1) is 0 Å². The zero-order valence-corrected chi connectivity index (χ0v) is 14.0. The topological polar surface area (TPSA) is 54.5 Å². The summed E-state index contributed by atoms with van der Waals surface area (Å²) in [6.45, 7) is 0.656. The number of Topliss-reactive ketones (excluding diaryl/α,β-unsaturated/α-hetero) is 1. The van der Waals surface area contributed by atoms with E-state index in [0.29, 0.717) is 13.0 Å². The van der Waals surface area contributed by atoms with Crippen molar-refractivity contribution >= 4 is 18.0 Å². The lowest BCUT2D eigenvalue weighted by Crippen LogP contribution is -2.42. The highest BCUT2D eigenvalue weighted by Gasteiger charge is 2.41. The van der Waals surface area contributed by atoms with E-state index in [-0.39, 0.29) is 29.6 Å². The molecule has 3 atom stereocenters. The van der Waals surface area contributed by atoms with Gasteiger partial charge in [0.25, 0.3) is 0 Å². The minimum atomic E-state index is -0.279. The van der Waals surface area contributed by atoms with Crippen LogP contribution in [-0.4, -0.2) is 35.5 Å². The molecule has 1 saturated carbocycles. The predicted octanol–water partition coefficient (Wildman–Crippen LogP) is 2.79. The van der Waals surface area contributed by atoms with Gasteiger partial charge in [-0.05, 0) is 37.7 Å². The van der Waals surface area contributed by atoms with E-state index in [2.05, 4.69) is 0 Å². The van der Waals surface area contributed by atoms with Crippen LogP contribution < -0.4 is 0 Å². The maximum Gasteiger partial charge on any atom is 0.227 e. The van der Waals surface area contributed by atoms with Gasteiger partial charge in [0, 0.05) is 24.8 Å². The number of nitrogens with zero attached hydrogens (tertiary/aromatic N) is 1. The minimum absolute atomic E-state index is 0.0279. The molecule has 0 unspecified atom stereocenters. The van der Waals surface area contributed by atoms with Gasteiger partial charge >= 0.3 is 0 Å². The molecule has 0 aromatic heterocycles. The van der Waals surface area contributed by atoms with E-state index in [1.807, 2.05) is 30.3 Å². The normalized spacial score (nSPS) is 26.5. The summed E-state index contributed by atoms with van der Waals surface area (Å²) >= 11 is 0. The van der Waals surface area contributed by atoms with E-state index in [1.165, 1.54) is 0 Å². The van der Waals surface area contributed by atoms with Gasteiger partial charge in [-0.1, -0.05) is 36.8 Å². The second kappa shape index (κ2) is 7.73. The summed E-state index contributed by atoms with van der Waals surface area (Å²) in [5, 5.41) is 0. The van der Waals surface area contributed by atoms with Crippen LogP contribution in [0.4, 0.5) is 0 Å². The third kappa shape index (κ3) is 3.58. The molecule has 2 aliphatic rings. The number of amides is 1. The van der Waals surface area contributed by atoms with Crippen LogP contribution in [0.15, 0.2) is 30.3 Å². The second-order valence-electron chi connectivity index (χ2n) is 6.97. The zero-order chi connectivity index (χ0) is 16.9. The standard InChI is InChI=1S/C20H25NO3/c22-14-16-8-5-13-21(16)20(24)18-10-4-9-17(18)19(23)12-11-15-6-2-1-3-7-15/h1-3,6-7,14,16-18H,4-5,8-13H2/t16-,17+,18+/m0/s1. The van der Waals surface area contributed by atoms with E-state index >= 15 is 0 Å². The van der Waals surface area contributed by atoms with Crippen LogP contribution >= 0.6 is 0 Å². The van der Waals surface area contributed by atoms with Gasteiger partial charge < -0.3 is 9.69 Å². The first-order valence-corrected chi connectivity index (χ1v) is 9.03. The SMILES string of the molecule is O=C[C@@H]1CCCN1C(=O)[C@@H]1CCC[C@H]1C(=O)CCc1ccccc1. The summed E-state index contributed by atoms with van der Waals surface area (Å²) in [6, 6.07) is 9.71. The Balaban J connectivity index is 1.61. The maximum atomic E-state index is 12.8. The van der Waals surface area contributed by atoms with E-state index in [9.17, 15) is 14.4 Å². The molecule has 24 heavy (non-hydrogen) atoms. The van der Waals surface area contributed by atoms with Crippen molar-refractivity contribution < 1.29 is 14.4 Å². The van der Waals surface area contributed by atoms with Gasteiger partial charge in [-0.3, -0.25) is 9.59 Å². The Morgan fingerprint density at radius 3 is 2.54 bits per heavy atom. The summed E-state index contributed by atoms with van der Waals surface area (Å²) in [7, 11) is 0. The van der Waals surface area contributed by atoms with E-state index in [0.717, 1.165) is 50.4 Å². The zero-order valence-electron chi connectivity index (χ0n) is 14.0. The fourth-order valence-corrected chi connectivity index (χ4v) is 4.16. The number of likely N-dealkylation sites (tertiary alicyclic amines) is 1. The lowest BCUT2D eigenvalue weighted by Gasteiger charge is -2.27. The molecule has 1 amide bonds. The van der Waals surface area contributed by atoms with Gasteiger partial charge in [-0.25, -0.2) is 0 Å². The Kier molecular flexibility index (Phi) is 5.44.